The molecule has 0 bridgehead atoms. The zero-order valence-electron chi connectivity index (χ0n) is 11.0. The number of fused-ring (bicyclic) bond motifs is 1. The van der Waals surface area contributed by atoms with Crippen LogP contribution in [0.5, 0.6) is 5.75 Å². The van der Waals surface area contributed by atoms with Crippen LogP contribution in [0.1, 0.15) is 21.5 Å². The van der Waals surface area contributed by atoms with E-state index >= 15 is 0 Å². The maximum absolute atomic E-state index is 12.5. The highest BCUT2D eigenvalue weighted by atomic mass is 79.9. The first kappa shape index (κ1) is 15.1. The molecular formula is C16H11Br2ClO2. The van der Waals surface area contributed by atoms with Crippen molar-refractivity contribution in [3.05, 3.63) is 61.0 Å². The van der Waals surface area contributed by atoms with Crippen molar-refractivity contribution in [2.45, 2.75) is 12.8 Å². The fourth-order valence-electron chi connectivity index (χ4n) is 2.46. The molecule has 2 aromatic carbocycles. The lowest BCUT2D eigenvalue weighted by Crippen LogP contribution is -2.06. The van der Waals surface area contributed by atoms with Crippen molar-refractivity contribution in [2.24, 2.45) is 0 Å². The molecule has 0 fully saturated rings. The van der Waals surface area contributed by atoms with Crippen molar-refractivity contribution >= 4 is 49.2 Å². The first-order valence-corrected chi connectivity index (χ1v) is 8.44. The number of carbonyl (C=O) groups is 1. The van der Waals surface area contributed by atoms with Crippen molar-refractivity contribution < 1.29 is 9.53 Å². The second kappa shape index (κ2) is 6.11. The number of halogens is 3. The molecular weight excluding hydrogens is 419 g/mol. The molecule has 0 aliphatic carbocycles. The van der Waals surface area contributed by atoms with E-state index in [1.807, 2.05) is 24.3 Å². The van der Waals surface area contributed by atoms with Crippen LogP contribution in [0.3, 0.4) is 0 Å². The van der Waals surface area contributed by atoms with Gasteiger partial charge in [-0.3, -0.25) is 4.79 Å². The average Bonchev–Trinajstić information content (AvgIpc) is 2.90. The average molecular weight is 431 g/mol. The molecule has 0 radical (unpaired) electrons. The molecule has 1 heterocycles. The molecule has 0 spiro atoms. The van der Waals surface area contributed by atoms with Gasteiger partial charge in [0.2, 0.25) is 0 Å². The highest BCUT2D eigenvalue weighted by molar-refractivity contribution is 9.10. The van der Waals surface area contributed by atoms with Gasteiger partial charge < -0.3 is 4.74 Å². The zero-order chi connectivity index (χ0) is 15.0. The lowest BCUT2D eigenvalue weighted by atomic mass is 10.00. The highest BCUT2D eigenvalue weighted by Crippen LogP contribution is 2.34. The molecule has 1 aliphatic rings. The molecule has 0 saturated heterocycles. The molecule has 108 valence electrons. The third-order valence-electron chi connectivity index (χ3n) is 3.43. The van der Waals surface area contributed by atoms with Crippen molar-refractivity contribution in [3.63, 3.8) is 0 Å². The van der Waals surface area contributed by atoms with Crippen molar-refractivity contribution in [1.29, 1.82) is 0 Å². The van der Waals surface area contributed by atoms with E-state index in [1.165, 1.54) is 0 Å². The highest BCUT2D eigenvalue weighted by Gasteiger charge is 2.21. The number of hydrogen-bond donors (Lipinski definition) is 0. The summed E-state index contributed by atoms with van der Waals surface area (Å²) in [5.74, 6) is 0.828. The third kappa shape index (κ3) is 3.03. The molecule has 0 saturated carbocycles. The van der Waals surface area contributed by atoms with E-state index in [-0.39, 0.29) is 12.2 Å². The molecule has 21 heavy (non-hydrogen) atoms. The number of benzene rings is 2. The van der Waals surface area contributed by atoms with E-state index in [9.17, 15) is 4.79 Å². The number of Topliss-reactive ketones (excluding diaryl/α,β-unsaturated/α-hetero) is 1. The standard InChI is InChI=1S/C16H11Br2ClO2/c17-11-6-9-4-5-21-16(9)10(7-11)8-14(20)12-2-1-3-13(18)15(12)19/h1-3,6-7H,4-5,8H2. The summed E-state index contributed by atoms with van der Waals surface area (Å²) in [4.78, 5) is 12.5. The van der Waals surface area contributed by atoms with Crippen LogP contribution < -0.4 is 4.74 Å². The lowest BCUT2D eigenvalue weighted by molar-refractivity contribution is 0.0992. The van der Waals surface area contributed by atoms with Gasteiger partial charge in [0.25, 0.3) is 0 Å². The number of ketones is 1. The molecule has 1 aliphatic heterocycles. The quantitative estimate of drug-likeness (QED) is 0.624. The smallest absolute Gasteiger partial charge is 0.168 e. The van der Waals surface area contributed by atoms with E-state index in [0.717, 1.165) is 32.2 Å². The van der Waals surface area contributed by atoms with Gasteiger partial charge in [0, 0.05) is 32.9 Å². The molecule has 0 atom stereocenters. The fraction of sp³-hybridized carbons (Fsp3) is 0.188. The Labute approximate surface area is 144 Å². The molecule has 5 heteroatoms. The van der Waals surface area contributed by atoms with Crippen LogP contribution in [0, 0.1) is 0 Å². The Morgan fingerprint density at radius 1 is 1.29 bits per heavy atom. The first-order valence-electron chi connectivity index (χ1n) is 6.47. The maximum Gasteiger partial charge on any atom is 0.168 e. The van der Waals surface area contributed by atoms with Gasteiger partial charge in [-0.05, 0) is 45.8 Å². The summed E-state index contributed by atoms with van der Waals surface area (Å²) in [6.45, 7) is 0.671. The van der Waals surface area contributed by atoms with Gasteiger partial charge in [-0.2, -0.15) is 0 Å². The molecule has 0 N–H and O–H groups in total. The minimum absolute atomic E-state index is 0.0166. The molecule has 0 amide bonds. The Balaban J connectivity index is 1.94. The summed E-state index contributed by atoms with van der Waals surface area (Å²) in [5, 5.41) is 0.454. The van der Waals surface area contributed by atoms with Crippen LogP contribution in [0.4, 0.5) is 0 Å². The number of hydrogen-bond acceptors (Lipinski definition) is 2. The molecule has 2 aromatic rings. The predicted octanol–water partition coefficient (Wildman–Crippen LogP) is 5.23. The van der Waals surface area contributed by atoms with E-state index in [0.29, 0.717) is 17.2 Å². The molecule has 2 nitrogen and oxygen atoms in total. The van der Waals surface area contributed by atoms with Gasteiger partial charge in [0.05, 0.1) is 11.6 Å². The van der Waals surface area contributed by atoms with Crippen LogP contribution >= 0.6 is 43.5 Å². The minimum Gasteiger partial charge on any atom is -0.493 e. The van der Waals surface area contributed by atoms with Crippen LogP contribution in [0.25, 0.3) is 0 Å². The van der Waals surface area contributed by atoms with Gasteiger partial charge in [0.15, 0.2) is 5.78 Å². The van der Waals surface area contributed by atoms with Crippen LogP contribution in [0.15, 0.2) is 39.3 Å². The summed E-state index contributed by atoms with van der Waals surface area (Å²) in [6, 6.07) is 9.36. The summed E-state index contributed by atoms with van der Waals surface area (Å²) in [7, 11) is 0. The second-order valence-electron chi connectivity index (χ2n) is 4.85. The molecule has 3 rings (SSSR count). The Morgan fingerprint density at radius 2 is 2.10 bits per heavy atom. The SMILES string of the molecule is O=C(Cc1cc(Br)cc2c1OCC2)c1cccc(Br)c1Cl. The topological polar surface area (TPSA) is 26.3 Å². The van der Waals surface area contributed by atoms with E-state index in [4.69, 9.17) is 16.3 Å². The monoisotopic (exact) mass is 428 g/mol. The Kier molecular flexibility index (Phi) is 4.38. The van der Waals surface area contributed by atoms with Gasteiger partial charge in [-0.25, -0.2) is 0 Å². The van der Waals surface area contributed by atoms with Gasteiger partial charge in [-0.15, -0.1) is 0 Å². The van der Waals surface area contributed by atoms with Crippen LogP contribution in [-0.4, -0.2) is 12.4 Å². The Bertz CT molecular complexity index is 728. The number of carbonyl (C=O) groups excluding carboxylic acids is 1. The molecule has 0 unspecified atom stereocenters. The minimum atomic E-state index is -0.0166. The number of ether oxygens (including phenoxy) is 1. The van der Waals surface area contributed by atoms with E-state index < -0.39 is 0 Å². The Morgan fingerprint density at radius 3 is 2.90 bits per heavy atom. The lowest BCUT2D eigenvalue weighted by Gasteiger charge is -2.10. The summed E-state index contributed by atoms with van der Waals surface area (Å²) in [5.41, 5.74) is 2.57. The Hall–Kier alpha value is -0.840. The zero-order valence-corrected chi connectivity index (χ0v) is 14.9. The van der Waals surface area contributed by atoms with Crippen molar-refractivity contribution in [1.82, 2.24) is 0 Å². The number of rotatable bonds is 3. The van der Waals surface area contributed by atoms with Crippen molar-refractivity contribution in [2.75, 3.05) is 6.61 Å². The summed E-state index contributed by atoms with van der Waals surface area (Å²) < 4.78 is 7.36. The van der Waals surface area contributed by atoms with E-state index in [1.54, 1.807) is 6.07 Å². The van der Waals surface area contributed by atoms with Gasteiger partial charge in [0.1, 0.15) is 5.75 Å². The first-order chi connectivity index (χ1) is 10.1. The van der Waals surface area contributed by atoms with Crippen LogP contribution in [0.2, 0.25) is 5.02 Å². The largest absolute Gasteiger partial charge is 0.493 e. The predicted molar refractivity (Wildman–Crippen MR) is 90.5 cm³/mol. The summed E-state index contributed by atoms with van der Waals surface area (Å²) in [6.07, 6.45) is 1.16. The van der Waals surface area contributed by atoms with Crippen molar-refractivity contribution in [3.8, 4) is 5.75 Å². The third-order valence-corrected chi connectivity index (χ3v) is 5.18. The maximum atomic E-state index is 12.5. The van der Waals surface area contributed by atoms with Gasteiger partial charge >= 0.3 is 0 Å². The fourth-order valence-corrected chi connectivity index (χ4v) is 3.61. The molecule has 0 aromatic heterocycles. The van der Waals surface area contributed by atoms with E-state index in [2.05, 4.69) is 31.9 Å². The second-order valence-corrected chi connectivity index (χ2v) is 7.00. The van der Waals surface area contributed by atoms with Crippen LogP contribution in [-0.2, 0) is 12.8 Å². The normalized spacial score (nSPS) is 12.9. The van der Waals surface area contributed by atoms with Gasteiger partial charge in [-0.1, -0.05) is 33.6 Å². The summed E-state index contributed by atoms with van der Waals surface area (Å²) >= 11 is 13.0.